The summed E-state index contributed by atoms with van der Waals surface area (Å²) in [5, 5.41) is 0. The van der Waals surface area contributed by atoms with Gasteiger partial charge in [0.2, 0.25) is 20.0 Å². The zero-order valence-corrected chi connectivity index (χ0v) is 13.6. The fourth-order valence-electron chi connectivity index (χ4n) is 1.54. The molecular weight excluding hydrogens is 316 g/mol. The molecule has 1 rings (SSSR count). The van der Waals surface area contributed by atoms with E-state index in [1.165, 1.54) is 20.1 Å². The zero-order chi connectivity index (χ0) is 15.9. The van der Waals surface area contributed by atoms with E-state index in [-0.39, 0.29) is 29.5 Å². The Hall–Kier alpha value is -1.16. The van der Waals surface area contributed by atoms with Crippen LogP contribution in [0, 0.1) is 0 Å². The van der Waals surface area contributed by atoms with Crippen molar-refractivity contribution in [2.24, 2.45) is 0 Å². The van der Waals surface area contributed by atoms with E-state index in [4.69, 9.17) is 4.74 Å². The molecule has 0 amide bonds. The molecule has 0 radical (unpaired) electrons. The molecule has 0 saturated carbocycles. The summed E-state index contributed by atoms with van der Waals surface area (Å²) < 4.78 is 56.4. The predicted molar refractivity (Wildman–Crippen MR) is 80.3 cm³/mol. The number of nitrogens with one attached hydrogen (secondary N) is 2. The van der Waals surface area contributed by atoms with E-state index in [0.717, 1.165) is 0 Å². The van der Waals surface area contributed by atoms with Crippen molar-refractivity contribution in [2.75, 3.05) is 26.0 Å². The van der Waals surface area contributed by atoms with E-state index >= 15 is 0 Å². The molecule has 0 bridgehead atoms. The van der Waals surface area contributed by atoms with Crippen molar-refractivity contribution in [1.29, 1.82) is 0 Å². The Bertz CT molecular complexity index is 656. The van der Waals surface area contributed by atoms with E-state index in [2.05, 4.69) is 9.44 Å². The summed E-state index contributed by atoms with van der Waals surface area (Å²) in [6.45, 7) is 1.85. The minimum atomic E-state index is -3.68. The molecule has 0 fully saturated rings. The van der Waals surface area contributed by atoms with Gasteiger partial charge in [-0.25, -0.2) is 26.3 Å². The van der Waals surface area contributed by atoms with Gasteiger partial charge in [0.15, 0.2) is 0 Å². The molecule has 7 nitrogen and oxygen atoms in total. The van der Waals surface area contributed by atoms with E-state index in [0.29, 0.717) is 6.42 Å². The van der Waals surface area contributed by atoms with Crippen molar-refractivity contribution in [1.82, 2.24) is 9.44 Å². The van der Waals surface area contributed by atoms with Crippen LogP contribution >= 0.6 is 0 Å². The number of hydrogen-bond acceptors (Lipinski definition) is 5. The first-order valence-corrected chi connectivity index (χ1v) is 9.56. The first-order chi connectivity index (χ1) is 9.82. The number of rotatable bonds is 9. The lowest BCUT2D eigenvalue weighted by Crippen LogP contribution is -2.30. The quantitative estimate of drug-likeness (QED) is 0.632. The summed E-state index contributed by atoms with van der Waals surface area (Å²) in [5.74, 6) is 0.261. The highest BCUT2D eigenvalue weighted by Crippen LogP contribution is 2.22. The van der Waals surface area contributed by atoms with Gasteiger partial charge in [-0.05, 0) is 25.5 Å². The Kier molecular flexibility index (Phi) is 6.59. The summed E-state index contributed by atoms with van der Waals surface area (Å²) in [5.41, 5.74) is 0. The second-order valence-corrected chi connectivity index (χ2v) is 8.03. The van der Waals surface area contributed by atoms with Gasteiger partial charge in [-0.15, -0.1) is 0 Å². The molecule has 0 aliphatic rings. The van der Waals surface area contributed by atoms with Crippen molar-refractivity contribution < 1.29 is 21.6 Å². The molecule has 1 aromatic rings. The standard InChI is InChI=1S/C12H20N2O5S2/c1-3-20(15,16)13-9-6-10-14-21(17,18)12-8-5-4-7-11(12)19-2/h4-5,7-8,13-14H,3,6,9-10H2,1-2H3. The van der Waals surface area contributed by atoms with Gasteiger partial charge >= 0.3 is 0 Å². The van der Waals surface area contributed by atoms with Gasteiger partial charge in [-0.2, -0.15) is 0 Å². The van der Waals surface area contributed by atoms with Gasteiger partial charge in [-0.3, -0.25) is 0 Å². The third kappa shape index (κ3) is 5.62. The normalized spacial score (nSPS) is 12.3. The molecule has 21 heavy (non-hydrogen) atoms. The second-order valence-electron chi connectivity index (χ2n) is 4.20. The monoisotopic (exact) mass is 336 g/mol. The maximum absolute atomic E-state index is 12.1. The van der Waals surface area contributed by atoms with Crippen LogP contribution in [0.1, 0.15) is 13.3 Å². The third-order valence-corrected chi connectivity index (χ3v) is 5.61. The van der Waals surface area contributed by atoms with Crippen LogP contribution in [-0.2, 0) is 20.0 Å². The number of sulfonamides is 2. The molecule has 120 valence electrons. The lowest BCUT2D eigenvalue weighted by Gasteiger charge is -2.10. The van der Waals surface area contributed by atoms with Gasteiger partial charge in [0.25, 0.3) is 0 Å². The van der Waals surface area contributed by atoms with Gasteiger partial charge in [0, 0.05) is 13.1 Å². The Morgan fingerprint density at radius 2 is 1.67 bits per heavy atom. The minimum absolute atomic E-state index is 0.0000582. The topological polar surface area (TPSA) is 102 Å². The predicted octanol–water partition coefficient (Wildman–Crippen LogP) is 0.303. The molecule has 0 unspecified atom stereocenters. The van der Waals surface area contributed by atoms with Gasteiger partial charge in [0.1, 0.15) is 10.6 Å². The van der Waals surface area contributed by atoms with E-state index in [1.54, 1.807) is 18.2 Å². The molecule has 0 atom stereocenters. The average molecular weight is 336 g/mol. The first-order valence-electron chi connectivity index (χ1n) is 6.42. The highest BCUT2D eigenvalue weighted by molar-refractivity contribution is 7.89. The minimum Gasteiger partial charge on any atom is -0.495 e. The van der Waals surface area contributed by atoms with Crippen molar-refractivity contribution in [2.45, 2.75) is 18.2 Å². The molecule has 0 aliphatic carbocycles. The Labute approximate surface area is 125 Å². The summed E-state index contributed by atoms with van der Waals surface area (Å²) in [6, 6.07) is 6.29. The van der Waals surface area contributed by atoms with Crippen molar-refractivity contribution in [3.8, 4) is 5.75 Å². The first kappa shape index (κ1) is 17.9. The van der Waals surface area contributed by atoms with Gasteiger partial charge in [0.05, 0.1) is 12.9 Å². The van der Waals surface area contributed by atoms with Crippen LogP contribution < -0.4 is 14.2 Å². The van der Waals surface area contributed by atoms with Crippen LogP contribution in [0.15, 0.2) is 29.2 Å². The average Bonchev–Trinajstić information content (AvgIpc) is 2.46. The van der Waals surface area contributed by atoms with Crippen LogP contribution in [0.3, 0.4) is 0 Å². The molecule has 0 aromatic heterocycles. The highest BCUT2D eigenvalue weighted by Gasteiger charge is 2.18. The summed E-state index contributed by atoms with van der Waals surface area (Å²) in [7, 11) is -5.53. The fourth-order valence-corrected chi connectivity index (χ4v) is 3.45. The van der Waals surface area contributed by atoms with Gasteiger partial charge in [-0.1, -0.05) is 12.1 Å². The van der Waals surface area contributed by atoms with Crippen LogP contribution in [0.4, 0.5) is 0 Å². The second kappa shape index (κ2) is 7.74. The fraction of sp³-hybridized carbons (Fsp3) is 0.500. The molecule has 2 N–H and O–H groups in total. The number of ether oxygens (including phenoxy) is 1. The van der Waals surface area contributed by atoms with Crippen molar-refractivity contribution >= 4 is 20.0 Å². The maximum Gasteiger partial charge on any atom is 0.244 e. The SMILES string of the molecule is CCS(=O)(=O)NCCCNS(=O)(=O)c1ccccc1OC. The lowest BCUT2D eigenvalue weighted by molar-refractivity contribution is 0.402. The molecule has 9 heteroatoms. The van der Waals surface area contributed by atoms with Crippen LogP contribution in [0.2, 0.25) is 0 Å². The van der Waals surface area contributed by atoms with Gasteiger partial charge < -0.3 is 4.74 Å². The van der Waals surface area contributed by atoms with E-state index in [1.807, 2.05) is 0 Å². The van der Waals surface area contributed by atoms with E-state index < -0.39 is 20.0 Å². The number of benzene rings is 1. The summed E-state index contributed by atoms with van der Waals surface area (Å²) in [6.07, 6.45) is 0.355. The number of para-hydroxylation sites is 1. The lowest BCUT2D eigenvalue weighted by atomic mass is 10.3. The smallest absolute Gasteiger partial charge is 0.244 e. The Morgan fingerprint density at radius 1 is 1.05 bits per heavy atom. The van der Waals surface area contributed by atoms with E-state index in [9.17, 15) is 16.8 Å². The molecule has 0 heterocycles. The molecule has 0 saturated heterocycles. The molecule has 1 aromatic carbocycles. The third-order valence-electron chi connectivity index (χ3n) is 2.71. The largest absolute Gasteiger partial charge is 0.495 e. The molecule has 0 aliphatic heterocycles. The summed E-state index contributed by atoms with van der Waals surface area (Å²) in [4.78, 5) is 0.0571. The maximum atomic E-state index is 12.1. The Morgan fingerprint density at radius 3 is 2.29 bits per heavy atom. The van der Waals surface area contributed by atoms with Crippen LogP contribution in [-0.4, -0.2) is 42.8 Å². The zero-order valence-electron chi connectivity index (χ0n) is 12.0. The summed E-state index contributed by atoms with van der Waals surface area (Å²) >= 11 is 0. The highest BCUT2D eigenvalue weighted by atomic mass is 32.2. The number of hydrogen-bond donors (Lipinski definition) is 2. The van der Waals surface area contributed by atoms with Crippen LogP contribution in [0.25, 0.3) is 0 Å². The van der Waals surface area contributed by atoms with Crippen molar-refractivity contribution in [3.63, 3.8) is 0 Å². The van der Waals surface area contributed by atoms with Crippen LogP contribution in [0.5, 0.6) is 5.75 Å². The Balaban J connectivity index is 2.55. The molecular formula is C12H20N2O5S2. The number of methoxy groups -OCH3 is 1. The molecule has 0 spiro atoms. The van der Waals surface area contributed by atoms with Crippen molar-refractivity contribution in [3.05, 3.63) is 24.3 Å².